The maximum Gasteiger partial charge on any atom is 0.416 e. The molecule has 6 heteroatoms. The van der Waals surface area contributed by atoms with Crippen molar-refractivity contribution >= 4 is 11.3 Å². The molecule has 1 atom stereocenters. The van der Waals surface area contributed by atoms with E-state index in [-0.39, 0.29) is 6.04 Å². The summed E-state index contributed by atoms with van der Waals surface area (Å²) in [5.74, 6) is 0. The summed E-state index contributed by atoms with van der Waals surface area (Å²) in [6, 6.07) is 5.04. The van der Waals surface area contributed by atoms with E-state index in [4.69, 9.17) is 5.73 Å². The molecular weight excluding hydrogens is 285 g/mol. The Hall–Kier alpha value is -1.40. The lowest BCUT2D eigenvalue weighted by Crippen LogP contribution is -2.09. The minimum absolute atomic E-state index is 0.149. The molecule has 1 heterocycles. The molecule has 0 saturated carbocycles. The van der Waals surface area contributed by atoms with Crippen molar-refractivity contribution in [3.05, 3.63) is 40.2 Å². The molecule has 1 aromatic heterocycles. The van der Waals surface area contributed by atoms with Crippen LogP contribution in [0.4, 0.5) is 13.2 Å². The number of benzene rings is 1. The third-order valence-electron chi connectivity index (χ3n) is 2.92. The van der Waals surface area contributed by atoms with E-state index in [1.165, 1.54) is 17.4 Å². The van der Waals surface area contributed by atoms with Gasteiger partial charge in [0, 0.05) is 10.9 Å². The molecule has 2 nitrogen and oxygen atoms in total. The van der Waals surface area contributed by atoms with Gasteiger partial charge in [-0.15, -0.1) is 11.3 Å². The van der Waals surface area contributed by atoms with Crippen LogP contribution in [0.3, 0.4) is 0 Å². The number of alkyl halides is 3. The molecule has 2 rings (SSSR count). The maximum atomic E-state index is 12.7. The van der Waals surface area contributed by atoms with Crippen molar-refractivity contribution in [1.82, 2.24) is 4.98 Å². The second-order valence-corrected chi connectivity index (χ2v) is 5.43. The van der Waals surface area contributed by atoms with Gasteiger partial charge < -0.3 is 5.73 Å². The fourth-order valence-corrected chi connectivity index (χ4v) is 2.74. The summed E-state index contributed by atoms with van der Waals surface area (Å²) in [6.45, 7) is 2.03. The Morgan fingerprint density at radius 3 is 2.75 bits per heavy atom. The first-order valence-corrected chi connectivity index (χ1v) is 7.18. The fraction of sp³-hybridized carbons (Fsp3) is 0.357. The molecule has 0 aliphatic heterocycles. The summed E-state index contributed by atoms with van der Waals surface area (Å²) < 4.78 is 38.0. The maximum absolute atomic E-state index is 12.7. The third kappa shape index (κ3) is 3.37. The number of nitrogens with two attached hydrogens (primary N) is 1. The standard InChI is InChI=1S/C14H15F3N2S/c1-2-4-11(18)13-19-12(8-20-13)9-5-3-6-10(7-9)14(15,16)17/h3,5-8,11H,2,4,18H2,1H3. The van der Waals surface area contributed by atoms with Gasteiger partial charge in [0.2, 0.25) is 0 Å². The van der Waals surface area contributed by atoms with Crippen molar-refractivity contribution in [3.8, 4) is 11.3 Å². The Labute approximate surface area is 119 Å². The van der Waals surface area contributed by atoms with Crippen molar-refractivity contribution < 1.29 is 13.2 Å². The molecule has 0 bridgehead atoms. The number of rotatable bonds is 4. The van der Waals surface area contributed by atoms with E-state index in [0.717, 1.165) is 30.0 Å². The summed E-state index contributed by atoms with van der Waals surface area (Å²) >= 11 is 1.39. The number of nitrogens with zero attached hydrogens (tertiary/aromatic N) is 1. The average Bonchev–Trinajstić information content (AvgIpc) is 2.88. The van der Waals surface area contributed by atoms with Gasteiger partial charge in [-0.25, -0.2) is 4.98 Å². The molecule has 108 valence electrons. The molecule has 0 saturated heterocycles. The lowest BCUT2D eigenvalue weighted by atomic mass is 10.1. The largest absolute Gasteiger partial charge is 0.416 e. The molecule has 0 aliphatic rings. The summed E-state index contributed by atoms with van der Waals surface area (Å²) in [4.78, 5) is 4.35. The highest BCUT2D eigenvalue weighted by Crippen LogP contribution is 2.33. The van der Waals surface area contributed by atoms with Crippen LogP contribution in [0.1, 0.15) is 36.4 Å². The van der Waals surface area contributed by atoms with E-state index in [1.54, 1.807) is 11.4 Å². The van der Waals surface area contributed by atoms with Crippen LogP contribution in [-0.2, 0) is 6.18 Å². The van der Waals surface area contributed by atoms with Gasteiger partial charge in [0.15, 0.2) is 0 Å². The SMILES string of the molecule is CCCC(N)c1nc(-c2cccc(C(F)(F)F)c2)cs1. The highest BCUT2D eigenvalue weighted by molar-refractivity contribution is 7.10. The summed E-state index contributed by atoms with van der Waals surface area (Å²) in [5.41, 5.74) is 6.31. The molecule has 1 unspecified atom stereocenters. The Morgan fingerprint density at radius 2 is 2.10 bits per heavy atom. The average molecular weight is 300 g/mol. The number of aromatic nitrogens is 1. The van der Waals surface area contributed by atoms with E-state index in [0.29, 0.717) is 11.3 Å². The van der Waals surface area contributed by atoms with Crippen molar-refractivity contribution in [1.29, 1.82) is 0 Å². The molecular formula is C14H15F3N2S. The van der Waals surface area contributed by atoms with Crippen LogP contribution in [0.2, 0.25) is 0 Å². The van der Waals surface area contributed by atoms with E-state index < -0.39 is 11.7 Å². The monoisotopic (exact) mass is 300 g/mol. The first-order chi connectivity index (χ1) is 9.41. The Morgan fingerprint density at radius 1 is 1.35 bits per heavy atom. The molecule has 2 N–H and O–H groups in total. The van der Waals surface area contributed by atoms with Crippen molar-refractivity contribution in [2.75, 3.05) is 0 Å². The second kappa shape index (κ2) is 5.93. The first kappa shape index (κ1) is 15.0. The van der Waals surface area contributed by atoms with Gasteiger partial charge in [0.05, 0.1) is 17.3 Å². The Balaban J connectivity index is 2.28. The highest BCUT2D eigenvalue weighted by Gasteiger charge is 2.30. The van der Waals surface area contributed by atoms with Crippen LogP contribution >= 0.6 is 11.3 Å². The van der Waals surface area contributed by atoms with Crippen molar-refractivity contribution in [2.45, 2.75) is 32.0 Å². The van der Waals surface area contributed by atoms with Gasteiger partial charge in [-0.2, -0.15) is 13.2 Å². The predicted octanol–water partition coefficient (Wildman–Crippen LogP) is 4.63. The molecule has 0 amide bonds. The summed E-state index contributed by atoms with van der Waals surface area (Å²) in [7, 11) is 0. The summed E-state index contributed by atoms with van der Waals surface area (Å²) in [6.07, 6.45) is -2.58. The van der Waals surface area contributed by atoms with Crippen LogP contribution in [0.15, 0.2) is 29.6 Å². The topological polar surface area (TPSA) is 38.9 Å². The number of hydrogen-bond acceptors (Lipinski definition) is 3. The van der Waals surface area contributed by atoms with Crippen LogP contribution < -0.4 is 5.73 Å². The molecule has 1 aromatic carbocycles. The molecule has 0 aliphatic carbocycles. The smallest absolute Gasteiger partial charge is 0.322 e. The first-order valence-electron chi connectivity index (χ1n) is 6.30. The number of hydrogen-bond donors (Lipinski definition) is 1. The Kier molecular flexibility index (Phi) is 4.45. The quantitative estimate of drug-likeness (QED) is 0.894. The van der Waals surface area contributed by atoms with Crippen molar-refractivity contribution in [3.63, 3.8) is 0 Å². The van der Waals surface area contributed by atoms with E-state index >= 15 is 0 Å². The normalized spacial score (nSPS) is 13.4. The van der Waals surface area contributed by atoms with Crippen LogP contribution in [0, 0.1) is 0 Å². The third-order valence-corrected chi connectivity index (χ3v) is 3.90. The van der Waals surface area contributed by atoms with Crippen LogP contribution in [-0.4, -0.2) is 4.98 Å². The zero-order chi connectivity index (χ0) is 14.8. The molecule has 20 heavy (non-hydrogen) atoms. The highest BCUT2D eigenvalue weighted by atomic mass is 32.1. The fourth-order valence-electron chi connectivity index (χ4n) is 1.88. The minimum atomic E-state index is -4.34. The number of halogens is 3. The van der Waals surface area contributed by atoms with Crippen LogP contribution in [0.25, 0.3) is 11.3 Å². The second-order valence-electron chi connectivity index (χ2n) is 4.54. The Bertz CT molecular complexity index is 578. The number of thiazole rings is 1. The van der Waals surface area contributed by atoms with Gasteiger partial charge in [-0.1, -0.05) is 25.5 Å². The van der Waals surface area contributed by atoms with Gasteiger partial charge in [0.1, 0.15) is 5.01 Å². The zero-order valence-electron chi connectivity index (χ0n) is 10.9. The van der Waals surface area contributed by atoms with Gasteiger partial charge >= 0.3 is 6.18 Å². The minimum Gasteiger partial charge on any atom is -0.322 e. The van der Waals surface area contributed by atoms with E-state index in [9.17, 15) is 13.2 Å². The van der Waals surface area contributed by atoms with Crippen LogP contribution in [0.5, 0.6) is 0 Å². The zero-order valence-corrected chi connectivity index (χ0v) is 11.8. The lowest BCUT2D eigenvalue weighted by Gasteiger charge is -2.08. The van der Waals surface area contributed by atoms with Gasteiger partial charge in [0.25, 0.3) is 0 Å². The van der Waals surface area contributed by atoms with Gasteiger partial charge in [-0.05, 0) is 18.6 Å². The lowest BCUT2D eigenvalue weighted by molar-refractivity contribution is -0.137. The van der Waals surface area contributed by atoms with E-state index in [2.05, 4.69) is 4.98 Å². The molecule has 0 fully saturated rings. The summed E-state index contributed by atoms with van der Waals surface area (Å²) in [5, 5.41) is 2.51. The molecule has 0 radical (unpaired) electrons. The molecule has 0 spiro atoms. The van der Waals surface area contributed by atoms with Gasteiger partial charge in [-0.3, -0.25) is 0 Å². The van der Waals surface area contributed by atoms with E-state index in [1.807, 2.05) is 6.92 Å². The van der Waals surface area contributed by atoms with Crippen molar-refractivity contribution in [2.24, 2.45) is 5.73 Å². The predicted molar refractivity (Wildman–Crippen MR) is 74.4 cm³/mol. The molecule has 2 aromatic rings.